The lowest BCUT2D eigenvalue weighted by atomic mass is 10.2. The van der Waals surface area contributed by atoms with Crippen molar-refractivity contribution >= 4 is 23.5 Å². The van der Waals surface area contributed by atoms with Gasteiger partial charge in [0.15, 0.2) is 0 Å². The van der Waals surface area contributed by atoms with Crippen LogP contribution < -0.4 is 0 Å². The molecule has 0 aliphatic rings. The number of aromatic nitrogens is 3. The predicted octanol–water partition coefficient (Wildman–Crippen LogP) is 1.72. The van der Waals surface area contributed by atoms with Crippen LogP contribution in [0.3, 0.4) is 0 Å². The van der Waals surface area contributed by atoms with E-state index >= 15 is 0 Å². The van der Waals surface area contributed by atoms with Crippen LogP contribution in [0.2, 0.25) is 5.02 Å². The molecule has 1 aromatic heterocycles. The fourth-order valence-corrected chi connectivity index (χ4v) is 1.29. The Kier molecular flexibility index (Phi) is 3.10. The van der Waals surface area contributed by atoms with Crippen LogP contribution in [0.25, 0.3) is 0 Å². The Morgan fingerprint density at radius 3 is 2.76 bits per heavy atom. The lowest BCUT2D eigenvalue weighted by molar-refractivity contribution is -0.384. The first-order valence-electron chi connectivity index (χ1n) is 4.50. The zero-order valence-corrected chi connectivity index (χ0v) is 9.15. The van der Waals surface area contributed by atoms with E-state index in [-0.39, 0.29) is 5.69 Å². The number of nitrogens with zero attached hydrogens (tertiary/aromatic N) is 5. The summed E-state index contributed by atoms with van der Waals surface area (Å²) in [5, 5.41) is 22.1. The van der Waals surface area contributed by atoms with Crippen LogP contribution in [0.15, 0.2) is 36.0 Å². The molecule has 0 atom stereocenters. The molecule has 7 nitrogen and oxygen atoms in total. The van der Waals surface area contributed by atoms with E-state index in [4.69, 9.17) is 11.6 Å². The van der Waals surface area contributed by atoms with Crippen LogP contribution in [0.1, 0.15) is 5.56 Å². The van der Waals surface area contributed by atoms with E-state index in [1.165, 1.54) is 41.7 Å². The zero-order valence-electron chi connectivity index (χ0n) is 8.39. The Morgan fingerprint density at radius 1 is 1.41 bits per heavy atom. The molecule has 0 saturated carbocycles. The molecule has 17 heavy (non-hydrogen) atoms. The molecule has 0 spiro atoms. The lowest BCUT2D eigenvalue weighted by Gasteiger charge is -1.97. The highest BCUT2D eigenvalue weighted by Gasteiger charge is 2.08. The molecule has 0 N–H and O–H groups in total. The van der Waals surface area contributed by atoms with Crippen LogP contribution in [0, 0.1) is 10.1 Å². The first-order chi connectivity index (χ1) is 8.16. The number of rotatable bonds is 3. The third kappa shape index (κ3) is 2.64. The summed E-state index contributed by atoms with van der Waals surface area (Å²) in [5.41, 5.74) is 0.411. The van der Waals surface area contributed by atoms with Gasteiger partial charge in [0.25, 0.3) is 5.69 Å². The molecular weight excluding hydrogens is 246 g/mol. The summed E-state index contributed by atoms with van der Waals surface area (Å²) in [6.07, 6.45) is 4.18. The minimum absolute atomic E-state index is 0.0420. The number of hydrogen-bond donors (Lipinski definition) is 0. The molecule has 0 amide bonds. The van der Waals surface area contributed by atoms with Crippen molar-refractivity contribution in [2.75, 3.05) is 0 Å². The van der Waals surface area contributed by atoms with Gasteiger partial charge in [-0.2, -0.15) is 5.10 Å². The van der Waals surface area contributed by atoms with Gasteiger partial charge in [0, 0.05) is 22.7 Å². The maximum Gasteiger partial charge on any atom is 0.270 e. The summed E-state index contributed by atoms with van der Waals surface area (Å²) in [4.78, 5) is 10.1. The average Bonchev–Trinajstić information content (AvgIpc) is 2.80. The molecule has 0 bridgehead atoms. The van der Waals surface area contributed by atoms with Gasteiger partial charge < -0.3 is 0 Å². The van der Waals surface area contributed by atoms with Crippen molar-refractivity contribution < 1.29 is 4.92 Å². The van der Waals surface area contributed by atoms with E-state index in [0.717, 1.165) is 0 Å². The number of benzene rings is 1. The fourth-order valence-electron chi connectivity index (χ4n) is 1.13. The van der Waals surface area contributed by atoms with E-state index in [1.807, 2.05) is 0 Å². The molecule has 2 aromatic rings. The van der Waals surface area contributed by atoms with Crippen molar-refractivity contribution in [1.82, 2.24) is 14.9 Å². The maximum absolute atomic E-state index is 10.6. The summed E-state index contributed by atoms with van der Waals surface area (Å²) in [6.45, 7) is 0. The minimum Gasteiger partial charge on any atom is -0.258 e. The van der Waals surface area contributed by atoms with Gasteiger partial charge in [-0.15, -0.1) is 10.2 Å². The van der Waals surface area contributed by atoms with E-state index < -0.39 is 4.92 Å². The summed E-state index contributed by atoms with van der Waals surface area (Å²) in [7, 11) is 0. The first kappa shape index (κ1) is 11.2. The van der Waals surface area contributed by atoms with Crippen molar-refractivity contribution in [3.05, 3.63) is 51.6 Å². The molecule has 8 heteroatoms. The number of hydrogen-bond acceptors (Lipinski definition) is 5. The van der Waals surface area contributed by atoms with Crippen molar-refractivity contribution in [2.45, 2.75) is 0 Å². The monoisotopic (exact) mass is 251 g/mol. The van der Waals surface area contributed by atoms with Crippen molar-refractivity contribution in [3.8, 4) is 0 Å². The van der Waals surface area contributed by atoms with Crippen LogP contribution in [0.5, 0.6) is 0 Å². The van der Waals surface area contributed by atoms with E-state index in [1.54, 1.807) is 0 Å². The number of nitro groups is 1. The molecule has 1 heterocycles. The van der Waals surface area contributed by atoms with Gasteiger partial charge in [0.05, 0.1) is 11.1 Å². The summed E-state index contributed by atoms with van der Waals surface area (Å²) >= 11 is 5.89. The number of non-ortho nitro benzene ring substituents is 1. The van der Waals surface area contributed by atoms with Crippen LogP contribution >= 0.6 is 11.6 Å². The van der Waals surface area contributed by atoms with Gasteiger partial charge in [0.2, 0.25) is 0 Å². The second-order valence-electron chi connectivity index (χ2n) is 3.05. The molecule has 0 aliphatic carbocycles. The predicted molar refractivity (Wildman–Crippen MR) is 61.1 cm³/mol. The molecule has 1 aromatic carbocycles. The molecule has 0 aliphatic heterocycles. The van der Waals surface area contributed by atoms with Crippen molar-refractivity contribution in [1.29, 1.82) is 0 Å². The quantitative estimate of drug-likeness (QED) is 0.472. The smallest absolute Gasteiger partial charge is 0.258 e. The summed E-state index contributed by atoms with van der Waals surface area (Å²) in [5.74, 6) is 0. The topological polar surface area (TPSA) is 86.2 Å². The maximum atomic E-state index is 10.6. The van der Waals surface area contributed by atoms with Crippen LogP contribution in [0.4, 0.5) is 5.69 Å². The second kappa shape index (κ2) is 4.71. The zero-order chi connectivity index (χ0) is 12.3. The van der Waals surface area contributed by atoms with Crippen molar-refractivity contribution in [3.63, 3.8) is 0 Å². The van der Waals surface area contributed by atoms with Gasteiger partial charge in [-0.3, -0.25) is 10.1 Å². The van der Waals surface area contributed by atoms with Gasteiger partial charge in [-0.05, 0) is 6.07 Å². The van der Waals surface area contributed by atoms with E-state index in [9.17, 15) is 10.1 Å². The normalized spacial score (nSPS) is 10.9. The number of nitro benzene ring substituents is 1. The van der Waals surface area contributed by atoms with E-state index in [0.29, 0.717) is 10.6 Å². The van der Waals surface area contributed by atoms with Crippen molar-refractivity contribution in [2.24, 2.45) is 5.10 Å². The first-order valence-corrected chi connectivity index (χ1v) is 4.87. The van der Waals surface area contributed by atoms with Gasteiger partial charge in [-0.1, -0.05) is 11.6 Å². The minimum atomic E-state index is -0.494. The second-order valence-corrected chi connectivity index (χ2v) is 3.46. The third-order valence-electron chi connectivity index (χ3n) is 1.93. The summed E-state index contributed by atoms with van der Waals surface area (Å²) in [6, 6.07) is 4.13. The Labute approximate surface area is 101 Å². The SMILES string of the molecule is O=[N+]([O-])c1ccc(Cl)c(/C=N\n2cnnc2)c1. The van der Waals surface area contributed by atoms with Crippen LogP contribution in [-0.2, 0) is 0 Å². The van der Waals surface area contributed by atoms with Gasteiger partial charge in [-0.25, -0.2) is 4.68 Å². The highest BCUT2D eigenvalue weighted by atomic mass is 35.5. The molecule has 0 radical (unpaired) electrons. The standard InChI is InChI=1S/C9H6ClN5O2/c10-9-2-1-8(15(16)17)3-7(9)4-13-14-5-11-12-6-14/h1-6H/b13-4-. The molecular formula is C9H6ClN5O2. The fraction of sp³-hybridized carbons (Fsp3) is 0. The summed E-state index contributed by atoms with van der Waals surface area (Å²) < 4.78 is 1.36. The molecule has 0 fully saturated rings. The molecule has 0 saturated heterocycles. The Balaban J connectivity index is 2.31. The van der Waals surface area contributed by atoms with Gasteiger partial charge >= 0.3 is 0 Å². The van der Waals surface area contributed by atoms with Gasteiger partial charge in [0.1, 0.15) is 12.7 Å². The highest BCUT2D eigenvalue weighted by molar-refractivity contribution is 6.33. The molecule has 86 valence electrons. The molecule has 0 unspecified atom stereocenters. The Hall–Kier alpha value is -2.28. The molecule has 2 rings (SSSR count). The average molecular weight is 252 g/mol. The van der Waals surface area contributed by atoms with Crippen LogP contribution in [-0.4, -0.2) is 26.0 Å². The Morgan fingerprint density at radius 2 is 2.12 bits per heavy atom. The third-order valence-corrected chi connectivity index (χ3v) is 2.27. The largest absolute Gasteiger partial charge is 0.270 e. The Bertz CT molecular complexity index is 567. The highest BCUT2D eigenvalue weighted by Crippen LogP contribution is 2.20. The number of halogens is 1. The lowest BCUT2D eigenvalue weighted by Crippen LogP contribution is -1.92. The van der Waals surface area contributed by atoms with E-state index in [2.05, 4.69) is 15.3 Å².